The SMILES string of the molecule is [2H]c1c[c]([Ge]([CH3])([CH3])[CH3])cc(C([2H])([2H])[2H])c1-c1cc(-c2cc3c4ccccc4n4c5ccccc5c(c2)c34)ncc1C([2H])([2H])[2H]. The monoisotopic (exact) mass is 547 g/mol. The van der Waals surface area contributed by atoms with Crippen LogP contribution in [-0.4, -0.2) is 22.7 Å². The Hall–Kier alpha value is -3.63. The van der Waals surface area contributed by atoms with E-state index in [4.69, 9.17) is 9.60 Å². The Labute approximate surface area is 230 Å². The van der Waals surface area contributed by atoms with Crippen molar-refractivity contribution in [1.29, 1.82) is 0 Å². The first kappa shape index (κ1) is 16.3. The molecule has 7 rings (SSSR count). The van der Waals surface area contributed by atoms with Gasteiger partial charge in [0.1, 0.15) is 0 Å². The van der Waals surface area contributed by atoms with Gasteiger partial charge < -0.3 is 0 Å². The van der Waals surface area contributed by atoms with Gasteiger partial charge in [-0.05, 0) is 12.1 Å². The maximum absolute atomic E-state index is 9.03. The molecule has 2 nitrogen and oxygen atoms in total. The molecule has 0 amide bonds. The molecular weight excluding hydrogens is 509 g/mol. The van der Waals surface area contributed by atoms with Gasteiger partial charge in [0.15, 0.2) is 0 Å². The Morgan fingerprint density at radius 1 is 0.730 bits per heavy atom. The average Bonchev–Trinajstić information content (AvgIpc) is 3.46. The van der Waals surface area contributed by atoms with Crippen LogP contribution in [0, 0.1) is 13.7 Å². The molecule has 0 aliphatic rings. The van der Waals surface area contributed by atoms with E-state index < -0.39 is 27.0 Å². The van der Waals surface area contributed by atoms with Gasteiger partial charge in [0, 0.05) is 0 Å². The van der Waals surface area contributed by atoms with E-state index in [-0.39, 0.29) is 28.3 Å². The van der Waals surface area contributed by atoms with E-state index >= 15 is 0 Å². The van der Waals surface area contributed by atoms with E-state index in [2.05, 4.69) is 63.1 Å². The van der Waals surface area contributed by atoms with Crippen LogP contribution in [0.5, 0.6) is 0 Å². The Morgan fingerprint density at radius 2 is 1.38 bits per heavy atom. The van der Waals surface area contributed by atoms with Gasteiger partial charge in [0.25, 0.3) is 0 Å². The molecule has 4 aromatic carbocycles. The zero-order valence-electron chi connectivity index (χ0n) is 28.0. The van der Waals surface area contributed by atoms with Gasteiger partial charge in [-0.2, -0.15) is 0 Å². The second kappa shape index (κ2) is 7.93. The van der Waals surface area contributed by atoms with Gasteiger partial charge in [-0.3, -0.25) is 0 Å². The van der Waals surface area contributed by atoms with Crippen LogP contribution >= 0.6 is 0 Å². The third kappa shape index (κ3) is 3.35. The van der Waals surface area contributed by atoms with E-state index in [9.17, 15) is 0 Å². The number of benzene rings is 4. The summed E-state index contributed by atoms with van der Waals surface area (Å²) in [6.07, 6.45) is 1.33. The Kier molecular flexibility index (Phi) is 3.49. The van der Waals surface area contributed by atoms with E-state index in [1.54, 1.807) is 18.2 Å². The molecule has 0 aliphatic carbocycles. The van der Waals surface area contributed by atoms with E-state index in [1.807, 2.05) is 24.3 Å². The molecule has 180 valence electrons. The number of para-hydroxylation sites is 2. The molecule has 0 spiro atoms. The predicted octanol–water partition coefficient (Wildman–Crippen LogP) is 8.73. The summed E-state index contributed by atoms with van der Waals surface area (Å²) < 4.78 is 62.3. The Bertz CT molecular complexity index is 2170. The molecule has 0 unspecified atom stereocenters. The summed E-state index contributed by atoms with van der Waals surface area (Å²) in [6.45, 7) is -5.11. The van der Waals surface area contributed by atoms with Crippen LogP contribution in [0.2, 0.25) is 17.3 Å². The quantitative estimate of drug-likeness (QED) is 0.203. The number of nitrogens with zero attached hydrogens (tertiary/aromatic N) is 2. The first-order chi connectivity index (χ1) is 20.6. The number of aromatic nitrogens is 2. The summed E-state index contributed by atoms with van der Waals surface area (Å²) in [5.74, 6) is 6.43. The molecule has 0 saturated carbocycles. The number of hydrogen-bond acceptors (Lipinski definition) is 1. The van der Waals surface area contributed by atoms with Gasteiger partial charge in [-0.1, -0.05) is 24.3 Å². The molecule has 0 atom stereocenters. The zero-order valence-corrected chi connectivity index (χ0v) is 23.1. The Balaban J connectivity index is 1.56. The van der Waals surface area contributed by atoms with Gasteiger partial charge in [0.2, 0.25) is 0 Å². The van der Waals surface area contributed by atoms with Gasteiger partial charge in [0.05, 0.1) is 0 Å². The topological polar surface area (TPSA) is 17.3 Å². The van der Waals surface area contributed by atoms with E-state index in [1.165, 1.54) is 6.20 Å². The van der Waals surface area contributed by atoms with E-state index in [0.717, 1.165) is 48.1 Å². The van der Waals surface area contributed by atoms with Gasteiger partial charge >= 0.3 is 194 Å². The molecule has 37 heavy (non-hydrogen) atoms. The van der Waals surface area contributed by atoms with Crippen molar-refractivity contribution in [3.63, 3.8) is 0 Å². The summed E-state index contributed by atoms with van der Waals surface area (Å²) in [6, 6.07) is 25.8. The molecule has 0 fully saturated rings. The fraction of sp³-hybridized carbons (Fsp3) is 0.147. The summed E-state index contributed by atoms with van der Waals surface area (Å²) >= 11 is -2.54. The predicted molar refractivity (Wildman–Crippen MR) is 162 cm³/mol. The van der Waals surface area contributed by atoms with Crippen LogP contribution in [-0.2, 0) is 0 Å². The number of rotatable bonds is 3. The third-order valence-corrected chi connectivity index (χ3v) is 11.7. The van der Waals surface area contributed by atoms with Crippen molar-refractivity contribution in [3.8, 4) is 22.4 Å². The Morgan fingerprint density at radius 3 is 2.00 bits per heavy atom. The number of fused-ring (bicyclic) bond motifs is 6. The zero-order chi connectivity index (χ0) is 31.3. The molecule has 0 N–H and O–H groups in total. The normalized spacial score (nSPS) is 15.9. The van der Waals surface area contributed by atoms with Crippen LogP contribution in [0.3, 0.4) is 0 Å². The van der Waals surface area contributed by atoms with Gasteiger partial charge in [-0.15, -0.1) is 0 Å². The first-order valence-corrected chi connectivity index (χ1v) is 19.8. The molecule has 0 bridgehead atoms. The molecule has 0 radical (unpaired) electrons. The van der Waals surface area contributed by atoms with Crippen LogP contribution in [0.15, 0.2) is 91.1 Å². The molecular formula is C34H30GeN2. The molecule has 3 heteroatoms. The van der Waals surface area contributed by atoms with Crippen molar-refractivity contribution in [2.24, 2.45) is 0 Å². The van der Waals surface area contributed by atoms with Crippen LogP contribution in [0.4, 0.5) is 0 Å². The standard InChI is InChI=1S/C34H30GeN2/c1-21-16-24(35(3,4)5)14-15-25(21)28-19-31(36-20-22(28)2)23-17-29-26-10-6-8-12-32(26)37-33-13-9-7-11-27(33)30(18-23)34(29)37/h6-20H,1-5H3/i1D3,2D3,15D. The fourth-order valence-corrected chi connectivity index (χ4v) is 7.84. The summed E-state index contributed by atoms with van der Waals surface area (Å²) in [5.41, 5.74) is 4.88. The minimum absolute atomic E-state index is 0.00857. The van der Waals surface area contributed by atoms with Crippen LogP contribution in [0.1, 0.15) is 20.7 Å². The summed E-state index contributed by atoms with van der Waals surface area (Å²) in [7, 11) is 0. The molecule has 3 aromatic heterocycles. The van der Waals surface area contributed by atoms with Crippen molar-refractivity contribution in [3.05, 3.63) is 102 Å². The molecule has 0 saturated heterocycles. The second-order valence-electron chi connectivity index (χ2n) is 10.8. The molecule has 7 aromatic rings. The second-order valence-corrected chi connectivity index (χ2v) is 21.5. The van der Waals surface area contributed by atoms with Crippen molar-refractivity contribution in [2.75, 3.05) is 0 Å². The van der Waals surface area contributed by atoms with E-state index in [0.29, 0.717) is 5.69 Å². The third-order valence-electron chi connectivity index (χ3n) is 7.48. The number of hydrogen-bond donors (Lipinski definition) is 0. The number of aryl methyl sites for hydroxylation is 2. The minimum atomic E-state index is -2.57. The van der Waals surface area contributed by atoms with Crippen molar-refractivity contribution < 1.29 is 9.60 Å². The van der Waals surface area contributed by atoms with Crippen molar-refractivity contribution in [2.45, 2.75) is 31.0 Å². The fourth-order valence-electron chi connectivity index (χ4n) is 5.57. The molecule has 3 heterocycles. The van der Waals surface area contributed by atoms with Crippen molar-refractivity contribution in [1.82, 2.24) is 9.38 Å². The van der Waals surface area contributed by atoms with Crippen LogP contribution < -0.4 is 4.40 Å². The summed E-state index contributed by atoms with van der Waals surface area (Å²) in [4.78, 5) is 4.64. The first-order valence-electron chi connectivity index (χ1n) is 16.0. The van der Waals surface area contributed by atoms with Crippen LogP contribution in [0.25, 0.3) is 60.5 Å². The van der Waals surface area contributed by atoms with Gasteiger partial charge in [-0.25, -0.2) is 0 Å². The molecule has 0 aliphatic heterocycles. The summed E-state index contributed by atoms with van der Waals surface area (Å²) in [5, 5.41) is 4.30. The number of pyridine rings is 1. The maximum atomic E-state index is 9.03. The average molecular weight is 546 g/mol. The van der Waals surface area contributed by atoms with Crippen molar-refractivity contribution >= 4 is 55.8 Å².